The van der Waals surface area contributed by atoms with Gasteiger partial charge in [0.05, 0.1) is 0 Å². The van der Waals surface area contributed by atoms with E-state index in [0.29, 0.717) is 11.1 Å². The van der Waals surface area contributed by atoms with Gasteiger partial charge in [-0.05, 0) is 68.0 Å². The van der Waals surface area contributed by atoms with E-state index in [4.69, 9.17) is 0 Å². The van der Waals surface area contributed by atoms with Gasteiger partial charge in [-0.25, -0.2) is 0 Å². The van der Waals surface area contributed by atoms with Crippen LogP contribution < -0.4 is 0 Å². The van der Waals surface area contributed by atoms with Crippen molar-refractivity contribution in [3.63, 3.8) is 0 Å². The van der Waals surface area contributed by atoms with Crippen LogP contribution in [0.3, 0.4) is 0 Å². The molecule has 0 nitrogen and oxygen atoms in total. The van der Waals surface area contributed by atoms with E-state index in [1.54, 1.807) is 27.7 Å². The van der Waals surface area contributed by atoms with Gasteiger partial charge in [0.1, 0.15) is 4.83 Å². The van der Waals surface area contributed by atoms with Gasteiger partial charge in [0.15, 0.2) is 0 Å². The molecule has 0 amide bonds. The molecule has 0 bridgehead atoms. The van der Waals surface area contributed by atoms with Gasteiger partial charge in [0.2, 0.25) is 0 Å². The van der Waals surface area contributed by atoms with E-state index >= 15 is 0 Å². The lowest BCUT2D eigenvalue weighted by Crippen LogP contribution is -2.40. The molecule has 0 radical (unpaired) electrons. The third-order valence-corrected chi connectivity index (χ3v) is 5.04. The van der Waals surface area contributed by atoms with Crippen molar-refractivity contribution in [1.29, 1.82) is 0 Å². The van der Waals surface area contributed by atoms with Gasteiger partial charge in [-0.2, -0.15) is 22.0 Å². The summed E-state index contributed by atoms with van der Waals surface area (Å²) in [6.45, 7) is 8.44. The fourth-order valence-electron chi connectivity index (χ4n) is 2.23. The molecule has 1 aromatic rings. The third kappa shape index (κ3) is 2.59. The van der Waals surface area contributed by atoms with Crippen molar-refractivity contribution in [2.75, 3.05) is 0 Å². The Balaban J connectivity index is 3.57. The first-order valence-corrected chi connectivity index (χ1v) is 6.91. The molecule has 0 N–H and O–H groups in total. The second-order valence-electron chi connectivity index (χ2n) is 5.02. The number of benzene rings is 1. The van der Waals surface area contributed by atoms with Crippen molar-refractivity contribution in [2.24, 2.45) is 0 Å². The Bertz CT molecular complexity index is 502. The summed E-state index contributed by atoms with van der Waals surface area (Å²) >= 11 is 2.57. The van der Waals surface area contributed by atoms with E-state index in [1.807, 2.05) is 6.92 Å². The summed E-state index contributed by atoms with van der Waals surface area (Å²) in [6, 6.07) is 0. The molecule has 1 atom stereocenters. The molecule has 0 spiro atoms. The average molecular weight is 359 g/mol. The highest BCUT2D eigenvalue weighted by molar-refractivity contribution is 9.09. The summed E-state index contributed by atoms with van der Waals surface area (Å²) in [5, 5.41) is 0. The van der Waals surface area contributed by atoms with E-state index < -0.39 is 16.9 Å². The smallest absolute Gasteiger partial charge is 0.195 e. The lowest BCUT2D eigenvalue weighted by Gasteiger charge is -2.29. The molecule has 1 unspecified atom stereocenters. The van der Waals surface area contributed by atoms with Crippen LogP contribution in [0.15, 0.2) is 0 Å². The molecule has 20 heavy (non-hydrogen) atoms. The van der Waals surface area contributed by atoms with E-state index in [0.717, 1.165) is 16.7 Å². The zero-order valence-corrected chi connectivity index (χ0v) is 13.4. The van der Waals surface area contributed by atoms with Gasteiger partial charge in [-0.3, -0.25) is 0 Å². The van der Waals surface area contributed by atoms with Crippen molar-refractivity contribution < 1.29 is 22.0 Å². The molecule has 0 aromatic heterocycles. The second-order valence-corrected chi connectivity index (χ2v) is 5.94. The number of hydrogen-bond donors (Lipinski definition) is 0. The minimum absolute atomic E-state index is 0.0212. The molecular formula is C14H16BrF5. The zero-order valence-electron chi connectivity index (χ0n) is 11.8. The van der Waals surface area contributed by atoms with Crippen molar-refractivity contribution in [3.05, 3.63) is 33.4 Å². The van der Waals surface area contributed by atoms with Crippen LogP contribution in [0, 0.1) is 34.6 Å². The van der Waals surface area contributed by atoms with Gasteiger partial charge in [-0.1, -0.05) is 15.9 Å². The molecule has 114 valence electrons. The van der Waals surface area contributed by atoms with Crippen LogP contribution in [0.4, 0.5) is 22.0 Å². The highest BCUT2D eigenvalue weighted by atomic mass is 79.9. The Kier molecular flexibility index (Phi) is 4.59. The molecule has 1 rings (SSSR count). The molecule has 0 saturated heterocycles. The highest BCUT2D eigenvalue weighted by Gasteiger charge is 2.62. The zero-order chi connectivity index (χ0) is 16.0. The predicted octanol–water partition coefficient (Wildman–Crippen LogP) is 5.86. The Morgan fingerprint density at radius 1 is 0.700 bits per heavy atom. The molecule has 0 heterocycles. The van der Waals surface area contributed by atoms with Crippen LogP contribution in [0.25, 0.3) is 0 Å². The number of hydrogen-bond acceptors (Lipinski definition) is 0. The topological polar surface area (TPSA) is 0 Å². The fraction of sp³-hybridized carbons (Fsp3) is 0.571. The van der Waals surface area contributed by atoms with E-state index in [9.17, 15) is 22.0 Å². The van der Waals surface area contributed by atoms with Crippen molar-refractivity contribution in [3.8, 4) is 0 Å². The van der Waals surface area contributed by atoms with Gasteiger partial charge in [0.25, 0.3) is 0 Å². The summed E-state index contributed by atoms with van der Waals surface area (Å²) in [6.07, 6.45) is -5.59. The van der Waals surface area contributed by atoms with Crippen LogP contribution in [-0.2, 0) is 0 Å². The summed E-state index contributed by atoms with van der Waals surface area (Å²) in [5.74, 6) is -4.82. The molecule has 0 aliphatic rings. The van der Waals surface area contributed by atoms with Crippen LogP contribution in [0.2, 0.25) is 0 Å². The van der Waals surface area contributed by atoms with E-state index in [2.05, 4.69) is 15.9 Å². The monoisotopic (exact) mass is 358 g/mol. The minimum atomic E-state index is -5.59. The van der Waals surface area contributed by atoms with Gasteiger partial charge >= 0.3 is 12.1 Å². The SMILES string of the molecule is Cc1c(C)c(C)c(C(Br)C(F)(F)C(F)(F)F)c(C)c1C. The van der Waals surface area contributed by atoms with Gasteiger partial charge in [0, 0.05) is 0 Å². The summed E-state index contributed by atoms with van der Waals surface area (Å²) in [7, 11) is 0. The molecule has 0 aliphatic heterocycles. The third-order valence-electron chi connectivity index (χ3n) is 4.01. The summed E-state index contributed by atoms with van der Waals surface area (Å²) in [4.78, 5) is -2.09. The predicted molar refractivity (Wildman–Crippen MR) is 72.8 cm³/mol. The number of halogens is 6. The first-order valence-electron chi connectivity index (χ1n) is 5.99. The molecule has 6 heteroatoms. The maximum absolute atomic E-state index is 13.6. The van der Waals surface area contributed by atoms with Crippen LogP contribution in [-0.4, -0.2) is 12.1 Å². The van der Waals surface area contributed by atoms with Crippen LogP contribution in [0.1, 0.15) is 38.2 Å². The first-order chi connectivity index (χ1) is 8.84. The van der Waals surface area contributed by atoms with Crippen molar-refractivity contribution in [2.45, 2.75) is 51.5 Å². The van der Waals surface area contributed by atoms with Crippen molar-refractivity contribution in [1.82, 2.24) is 0 Å². The first kappa shape index (κ1) is 17.4. The summed E-state index contributed by atoms with van der Waals surface area (Å²) < 4.78 is 64.7. The Morgan fingerprint density at radius 2 is 1.00 bits per heavy atom. The maximum Gasteiger partial charge on any atom is 0.454 e. The maximum atomic E-state index is 13.6. The molecule has 0 fully saturated rings. The number of rotatable bonds is 2. The Morgan fingerprint density at radius 3 is 1.30 bits per heavy atom. The highest BCUT2D eigenvalue weighted by Crippen LogP contribution is 2.51. The Labute approximate surface area is 123 Å². The van der Waals surface area contributed by atoms with Crippen LogP contribution >= 0.6 is 15.9 Å². The van der Waals surface area contributed by atoms with Gasteiger partial charge < -0.3 is 0 Å². The standard InChI is InChI=1S/C14H16BrF5/c1-6-7(2)9(4)11(10(5)8(6)3)12(15)13(16,17)14(18,19)20/h12H,1-5H3. The van der Waals surface area contributed by atoms with Crippen molar-refractivity contribution >= 4 is 15.9 Å². The summed E-state index contributed by atoms with van der Waals surface area (Å²) in [5.41, 5.74) is 3.36. The minimum Gasteiger partial charge on any atom is -0.195 e. The van der Waals surface area contributed by atoms with E-state index in [-0.39, 0.29) is 5.56 Å². The molecule has 0 aliphatic carbocycles. The van der Waals surface area contributed by atoms with Gasteiger partial charge in [-0.15, -0.1) is 0 Å². The quantitative estimate of drug-likeness (QED) is 0.458. The molecule has 1 aromatic carbocycles. The van der Waals surface area contributed by atoms with Crippen LogP contribution in [0.5, 0.6) is 0 Å². The normalized spacial score (nSPS) is 14.6. The second kappa shape index (κ2) is 5.28. The fourth-order valence-corrected chi connectivity index (χ4v) is 3.18. The molecular weight excluding hydrogens is 343 g/mol. The largest absolute Gasteiger partial charge is 0.454 e. The average Bonchev–Trinajstić information content (AvgIpc) is 2.32. The Hall–Kier alpha value is -0.650. The van der Waals surface area contributed by atoms with E-state index in [1.165, 1.54) is 0 Å². The number of alkyl halides is 6. The lowest BCUT2D eigenvalue weighted by molar-refractivity contribution is -0.281. The molecule has 0 saturated carbocycles. The lowest BCUT2D eigenvalue weighted by atomic mass is 9.87.